The van der Waals surface area contributed by atoms with Crippen LogP contribution in [0.3, 0.4) is 0 Å². The summed E-state index contributed by atoms with van der Waals surface area (Å²) in [5.74, 6) is -2.34. The Kier molecular flexibility index (Phi) is 2.05. The third-order valence-electron chi connectivity index (χ3n) is 5.80. The number of piperidine rings is 1. The van der Waals surface area contributed by atoms with E-state index in [4.69, 9.17) is 0 Å². The first-order valence-corrected chi connectivity index (χ1v) is 6.24. The van der Waals surface area contributed by atoms with Crippen LogP contribution in [-0.2, 0) is 0 Å². The molecule has 4 rings (SSSR count). The van der Waals surface area contributed by atoms with Crippen molar-refractivity contribution in [3.63, 3.8) is 0 Å². The molecule has 2 bridgehead atoms. The first kappa shape index (κ1) is 11.2. The van der Waals surface area contributed by atoms with Crippen molar-refractivity contribution >= 4 is 12.4 Å². The van der Waals surface area contributed by atoms with E-state index in [-0.39, 0.29) is 24.2 Å². The van der Waals surface area contributed by atoms with Crippen molar-refractivity contribution < 1.29 is 8.78 Å². The molecule has 2 aliphatic heterocycles. The van der Waals surface area contributed by atoms with Gasteiger partial charge in [0, 0.05) is 23.9 Å². The zero-order valence-electron chi connectivity index (χ0n) is 9.27. The maximum Gasteiger partial charge on any atom is 0.255 e. The van der Waals surface area contributed by atoms with Gasteiger partial charge in [0.2, 0.25) is 0 Å². The van der Waals surface area contributed by atoms with Crippen molar-refractivity contribution in [1.29, 1.82) is 0 Å². The smallest absolute Gasteiger partial charge is 0.255 e. The molecule has 0 aromatic heterocycles. The molecule has 4 heteroatoms. The SMILES string of the molecule is Cl.FC1(F)CC12CC1CCC(N1)C21CCC1. The van der Waals surface area contributed by atoms with Crippen LogP contribution in [0.15, 0.2) is 0 Å². The second kappa shape index (κ2) is 2.92. The van der Waals surface area contributed by atoms with Gasteiger partial charge in [-0.25, -0.2) is 8.78 Å². The van der Waals surface area contributed by atoms with Crippen molar-refractivity contribution in [1.82, 2.24) is 5.32 Å². The minimum Gasteiger partial charge on any atom is -0.311 e. The highest BCUT2D eigenvalue weighted by atomic mass is 35.5. The fraction of sp³-hybridized carbons (Fsp3) is 1.00. The number of fused-ring (bicyclic) bond motifs is 4. The second-order valence-corrected chi connectivity index (χ2v) is 6.17. The molecule has 4 fully saturated rings. The normalized spacial score (nSPS) is 49.9. The maximum atomic E-state index is 13.7. The van der Waals surface area contributed by atoms with Gasteiger partial charge >= 0.3 is 0 Å². The van der Waals surface area contributed by atoms with Gasteiger partial charge in [0.25, 0.3) is 5.92 Å². The summed E-state index contributed by atoms with van der Waals surface area (Å²) in [6.07, 6.45) is 6.47. The highest BCUT2D eigenvalue weighted by molar-refractivity contribution is 5.85. The first-order chi connectivity index (χ1) is 7.10. The monoisotopic (exact) mass is 249 g/mol. The topological polar surface area (TPSA) is 12.0 Å². The van der Waals surface area contributed by atoms with E-state index in [2.05, 4.69) is 5.32 Å². The summed E-state index contributed by atoms with van der Waals surface area (Å²) in [6, 6.07) is 0.813. The molecule has 0 amide bonds. The molecule has 2 spiro atoms. The van der Waals surface area contributed by atoms with E-state index in [0.717, 1.165) is 32.1 Å². The Hall–Kier alpha value is 0.110. The Bertz CT molecular complexity index is 329. The van der Waals surface area contributed by atoms with Crippen LogP contribution in [0.5, 0.6) is 0 Å². The predicted molar refractivity (Wildman–Crippen MR) is 60.1 cm³/mol. The Morgan fingerprint density at radius 3 is 2.31 bits per heavy atom. The molecule has 2 saturated carbocycles. The van der Waals surface area contributed by atoms with Gasteiger partial charge in [-0.15, -0.1) is 12.4 Å². The Morgan fingerprint density at radius 2 is 1.81 bits per heavy atom. The lowest BCUT2D eigenvalue weighted by Gasteiger charge is -2.55. The lowest BCUT2D eigenvalue weighted by molar-refractivity contribution is -0.0954. The van der Waals surface area contributed by atoms with Crippen LogP contribution in [0.1, 0.15) is 44.9 Å². The number of halogens is 3. The maximum absolute atomic E-state index is 13.7. The number of hydrogen-bond donors (Lipinski definition) is 1. The third kappa shape index (κ3) is 0.966. The molecule has 92 valence electrons. The largest absolute Gasteiger partial charge is 0.311 e. The molecule has 0 aromatic rings. The zero-order valence-corrected chi connectivity index (χ0v) is 10.1. The summed E-state index contributed by atoms with van der Waals surface area (Å²) in [7, 11) is 0. The summed E-state index contributed by atoms with van der Waals surface area (Å²) >= 11 is 0. The molecule has 3 unspecified atom stereocenters. The minimum atomic E-state index is -2.34. The standard InChI is InChI=1S/C12H17F2N.ClH/c13-12(14)7-11(12)6-8-2-3-9(15-8)10(11)4-1-5-10;/h8-9,15H,1-7H2;1H. The van der Waals surface area contributed by atoms with Gasteiger partial charge in [0.05, 0.1) is 0 Å². The average molecular weight is 250 g/mol. The van der Waals surface area contributed by atoms with E-state index in [1.54, 1.807) is 0 Å². The van der Waals surface area contributed by atoms with Crippen LogP contribution < -0.4 is 5.32 Å². The summed E-state index contributed by atoms with van der Waals surface area (Å²) < 4.78 is 27.5. The van der Waals surface area contributed by atoms with Crippen LogP contribution in [0.2, 0.25) is 0 Å². The van der Waals surface area contributed by atoms with Gasteiger partial charge in [-0.2, -0.15) is 0 Å². The highest BCUT2D eigenvalue weighted by Gasteiger charge is 2.83. The molecule has 1 nitrogen and oxygen atoms in total. The van der Waals surface area contributed by atoms with Crippen molar-refractivity contribution in [2.75, 3.05) is 0 Å². The van der Waals surface area contributed by atoms with Gasteiger partial charge in [-0.05, 0) is 37.5 Å². The van der Waals surface area contributed by atoms with Gasteiger partial charge in [0.1, 0.15) is 0 Å². The molecule has 2 saturated heterocycles. The third-order valence-corrected chi connectivity index (χ3v) is 5.80. The minimum absolute atomic E-state index is 0. The van der Waals surface area contributed by atoms with Crippen molar-refractivity contribution in [2.24, 2.45) is 10.8 Å². The quantitative estimate of drug-likeness (QED) is 0.696. The average Bonchev–Trinajstić information content (AvgIpc) is 2.49. The van der Waals surface area contributed by atoms with Crippen LogP contribution >= 0.6 is 12.4 Å². The zero-order chi connectivity index (χ0) is 10.3. The molecule has 4 aliphatic rings. The number of nitrogens with one attached hydrogen (secondary N) is 1. The van der Waals surface area contributed by atoms with Crippen LogP contribution in [-0.4, -0.2) is 18.0 Å². The summed E-state index contributed by atoms with van der Waals surface area (Å²) in [6.45, 7) is 0. The van der Waals surface area contributed by atoms with Crippen molar-refractivity contribution in [2.45, 2.75) is 63.0 Å². The van der Waals surface area contributed by atoms with E-state index in [1.807, 2.05) is 0 Å². The molecule has 2 heterocycles. The number of alkyl halides is 2. The molecule has 0 aromatic carbocycles. The lowest BCUT2D eigenvalue weighted by atomic mass is 9.53. The molecular formula is C12H18ClF2N. The number of rotatable bonds is 0. The van der Waals surface area contributed by atoms with Crippen molar-refractivity contribution in [3.05, 3.63) is 0 Å². The Labute approximate surface area is 101 Å². The summed E-state index contributed by atoms with van der Waals surface area (Å²) in [4.78, 5) is 0. The Balaban J connectivity index is 0.000000810. The van der Waals surface area contributed by atoms with E-state index >= 15 is 0 Å². The molecule has 1 N–H and O–H groups in total. The van der Waals surface area contributed by atoms with Crippen LogP contribution in [0.4, 0.5) is 8.78 Å². The van der Waals surface area contributed by atoms with Crippen LogP contribution in [0.25, 0.3) is 0 Å². The Morgan fingerprint density at radius 1 is 1.12 bits per heavy atom. The van der Waals surface area contributed by atoms with E-state index in [1.165, 1.54) is 6.42 Å². The van der Waals surface area contributed by atoms with E-state index in [9.17, 15) is 8.78 Å². The molecule has 2 aliphatic carbocycles. The molecule has 0 radical (unpaired) electrons. The fourth-order valence-electron chi connectivity index (χ4n) is 4.85. The fourth-order valence-corrected chi connectivity index (χ4v) is 4.85. The van der Waals surface area contributed by atoms with E-state index < -0.39 is 11.3 Å². The number of hydrogen-bond acceptors (Lipinski definition) is 1. The van der Waals surface area contributed by atoms with Crippen LogP contribution in [0, 0.1) is 10.8 Å². The van der Waals surface area contributed by atoms with Crippen molar-refractivity contribution in [3.8, 4) is 0 Å². The molecule has 3 atom stereocenters. The lowest BCUT2D eigenvalue weighted by Crippen LogP contribution is -2.60. The molecular weight excluding hydrogens is 232 g/mol. The first-order valence-electron chi connectivity index (χ1n) is 6.24. The van der Waals surface area contributed by atoms with E-state index in [0.29, 0.717) is 12.1 Å². The predicted octanol–water partition coefficient (Wildman–Crippen LogP) is 3.13. The summed E-state index contributed by atoms with van der Waals surface area (Å²) in [5, 5.41) is 3.58. The summed E-state index contributed by atoms with van der Waals surface area (Å²) in [5.41, 5.74) is -0.584. The van der Waals surface area contributed by atoms with Gasteiger partial charge < -0.3 is 5.32 Å². The van der Waals surface area contributed by atoms with Gasteiger partial charge in [0.15, 0.2) is 0 Å². The second-order valence-electron chi connectivity index (χ2n) is 6.17. The molecule has 16 heavy (non-hydrogen) atoms. The highest BCUT2D eigenvalue weighted by Crippen LogP contribution is 2.79. The van der Waals surface area contributed by atoms with Gasteiger partial charge in [-0.1, -0.05) is 6.42 Å². The van der Waals surface area contributed by atoms with Gasteiger partial charge in [-0.3, -0.25) is 0 Å².